The fraction of sp³-hybridized carbons (Fsp3) is 0.611. The minimum absolute atomic E-state index is 0.251. The fourth-order valence-corrected chi connectivity index (χ4v) is 3.64. The van der Waals surface area contributed by atoms with Crippen molar-refractivity contribution in [1.82, 2.24) is 5.32 Å². The van der Waals surface area contributed by atoms with Gasteiger partial charge in [-0.3, -0.25) is 4.79 Å². The fourth-order valence-electron chi connectivity index (χ4n) is 3.64. The summed E-state index contributed by atoms with van der Waals surface area (Å²) in [6.45, 7) is 9.51. The maximum absolute atomic E-state index is 12.9. The van der Waals surface area contributed by atoms with E-state index in [2.05, 4.69) is 45.1 Å². The molecule has 1 aromatic carbocycles. The van der Waals surface area contributed by atoms with Crippen molar-refractivity contribution in [2.24, 2.45) is 0 Å². The molecule has 0 spiro atoms. The molecule has 2 nitrogen and oxygen atoms in total. The lowest BCUT2D eigenvalue weighted by Crippen LogP contribution is -2.48. The van der Waals surface area contributed by atoms with Crippen LogP contribution in [0.4, 0.5) is 0 Å². The van der Waals surface area contributed by atoms with E-state index in [9.17, 15) is 4.79 Å². The van der Waals surface area contributed by atoms with Gasteiger partial charge in [0.2, 0.25) is 0 Å². The van der Waals surface area contributed by atoms with E-state index in [1.807, 2.05) is 0 Å². The lowest BCUT2D eigenvalue weighted by molar-refractivity contribution is -0.124. The maximum Gasteiger partial charge on any atom is 0.157 e. The first-order valence-corrected chi connectivity index (χ1v) is 7.83. The first-order valence-electron chi connectivity index (χ1n) is 7.83. The summed E-state index contributed by atoms with van der Waals surface area (Å²) in [4.78, 5) is 12.9. The molecule has 0 bridgehead atoms. The van der Waals surface area contributed by atoms with E-state index in [1.54, 1.807) is 0 Å². The summed E-state index contributed by atoms with van der Waals surface area (Å²) in [6, 6.07) is 4.37. The molecular weight excluding hydrogens is 246 g/mol. The molecule has 0 radical (unpaired) electrons. The number of aryl methyl sites for hydroxylation is 3. The summed E-state index contributed by atoms with van der Waals surface area (Å²) < 4.78 is 0. The normalized spacial score (nSPS) is 22.2. The highest BCUT2D eigenvalue weighted by Crippen LogP contribution is 2.28. The molecule has 2 rings (SSSR count). The number of Topliss-reactive ketones (excluding diaryl/α,β-unsaturated/α-hetero) is 1. The number of hydrogen-bond donors (Lipinski definition) is 1. The number of benzene rings is 1. The molecule has 110 valence electrons. The molecule has 1 N–H and O–H groups in total. The van der Waals surface area contributed by atoms with Crippen LogP contribution in [0.1, 0.15) is 54.9 Å². The van der Waals surface area contributed by atoms with Gasteiger partial charge in [-0.15, -0.1) is 0 Å². The molecule has 0 amide bonds. The first kappa shape index (κ1) is 15.2. The van der Waals surface area contributed by atoms with Crippen LogP contribution in [0.5, 0.6) is 0 Å². The van der Waals surface area contributed by atoms with E-state index in [-0.39, 0.29) is 5.54 Å². The molecule has 1 unspecified atom stereocenters. The lowest BCUT2D eigenvalue weighted by atomic mass is 9.83. The van der Waals surface area contributed by atoms with Crippen molar-refractivity contribution in [1.29, 1.82) is 0 Å². The standard InChI is InChI=1S/C18H27NO/c1-5-7-18(8-6-9-19-18)17(20)12-16-14(3)10-13(2)11-15(16)4/h10-11,19H,5-9,12H2,1-4H3. The van der Waals surface area contributed by atoms with Crippen LogP contribution in [-0.4, -0.2) is 17.9 Å². The summed E-state index contributed by atoms with van der Waals surface area (Å²) in [7, 11) is 0. The van der Waals surface area contributed by atoms with E-state index in [0.717, 1.165) is 32.2 Å². The molecule has 0 saturated carbocycles. The van der Waals surface area contributed by atoms with Gasteiger partial charge in [0.15, 0.2) is 5.78 Å². The third-order valence-corrected chi connectivity index (χ3v) is 4.63. The minimum Gasteiger partial charge on any atom is -0.305 e. The van der Waals surface area contributed by atoms with Gasteiger partial charge in [-0.25, -0.2) is 0 Å². The molecule has 1 aromatic rings. The van der Waals surface area contributed by atoms with Crippen molar-refractivity contribution >= 4 is 5.78 Å². The Morgan fingerprint density at radius 2 is 1.90 bits per heavy atom. The van der Waals surface area contributed by atoms with Crippen molar-refractivity contribution in [3.05, 3.63) is 34.4 Å². The second-order valence-electron chi connectivity index (χ2n) is 6.34. The molecule has 1 saturated heterocycles. The quantitative estimate of drug-likeness (QED) is 0.887. The summed E-state index contributed by atoms with van der Waals surface area (Å²) >= 11 is 0. The Labute approximate surface area is 123 Å². The van der Waals surface area contributed by atoms with Gasteiger partial charge in [-0.1, -0.05) is 31.0 Å². The Morgan fingerprint density at radius 1 is 1.25 bits per heavy atom. The predicted molar refractivity (Wildman–Crippen MR) is 84.2 cm³/mol. The third kappa shape index (κ3) is 2.95. The van der Waals surface area contributed by atoms with Crippen LogP contribution in [0, 0.1) is 20.8 Å². The second kappa shape index (κ2) is 6.09. The molecule has 1 fully saturated rings. The SMILES string of the molecule is CCCC1(C(=O)Cc2c(C)cc(C)cc2C)CCCN1. The summed E-state index contributed by atoms with van der Waals surface area (Å²) in [5.41, 5.74) is 4.75. The second-order valence-corrected chi connectivity index (χ2v) is 6.34. The zero-order valence-electron chi connectivity index (χ0n) is 13.3. The van der Waals surface area contributed by atoms with Gasteiger partial charge >= 0.3 is 0 Å². The highest BCUT2D eigenvalue weighted by atomic mass is 16.1. The van der Waals surface area contributed by atoms with Gasteiger partial charge in [0.25, 0.3) is 0 Å². The van der Waals surface area contributed by atoms with Crippen LogP contribution in [0.3, 0.4) is 0 Å². The van der Waals surface area contributed by atoms with E-state index in [0.29, 0.717) is 12.2 Å². The zero-order valence-corrected chi connectivity index (χ0v) is 13.3. The van der Waals surface area contributed by atoms with Crippen molar-refractivity contribution < 1.29 is 4.79 Å². The topological polar surface area (TPSA) is 29.1 Å². The average molecular weight is 273 g/mol. The number of carbonyl (C=O) groups is 1. The van der Waals surface area contributed by atoms with Crippen LogP contribution >= 0.6 is 0 Å². The van der Waals surface area contributed by atoms with Crippen LogP contribution < -0.4 is 5.32 Å². The molecule has 0 aliphatic carbocycles. The first-order chi connectivity index (χ1) is 9.48. The van der Waals surface area contributed by atoms with Gasteiger partial charge < -0.3 is 5.32 Å². The Bertz CT molecular complexity index is 475. The Morgan fingerprint density at radius 3 is 2.40 bits per heavy atom. The van der Waals surface area contributed by atoms with Crippen LogP contribution in [0.2, 0.25) is 0 Å². The Kier molecular flexibility index (Phi) is 4.64. The van der Waals surface area contributed by atoms with Crippen molar-refractivity contribution in [2.45, 2.75) is 65.3 Å². The van der Waals surface area contributed by atoms with E-state index < -0.39 is 0 Å². The molecule has 1 aliphatic rings. The van der Waals surface area contributed by atoms with Crippen molar-refractivity contribution in [3.63, 3.8) is 0 Å². The average Bonchev–Trinajstić information content (AvgIpc) is 2.83. The van der Waals surface area contributed by atoms with Gasteiger partial charge in [0, 0.05) is 6.42 Å². The van der Waals surface area contributed by atoms with Gasteiger partial charge in [-0.2, -0.15) is 0 Å². The van der Waals surface area contributed by atoms with Crippen molar-refractivity contribution in [2.75, 3.05) is 6.54 Å². The van der Waals surface area contributed by atoms with E-state index >= 15 is 0 Å². The molecule has 1 atom stereocenters. The highest BCUT2D eigenvalue weighted by molar-refractivity contribution is 5.91. The summed E-state index contributed by atoms with van der Waals surface area (Å²) in [5.74, 6) is 0.381. The number of ketones is 1. The van der Waals surface area contributed by atoms with E-state index in [1.165, 1.54) is 22.3 Å². The predicted octanol–water partition coefficient (Wildman–Crippen LogP) is 3.65. The van der Waals surface area contributed by atoms with Crippen LogP contribution in [0.15, 0.2) is 12.1 Å². The highest BCUT2D eigenvalue weighted by Gasteiger charge is 2.39. The minimum atomic E-state index is -0.251. The molecule has 1 aliphatic heterocycles. The molecule has 20 heavy (non-hydrogen) atoms. The van der Waals surface area contributed by atoms with Crippen LogP contribution in [0.25, 0.3) is 0 Å². The van der Waals surface area contributed by atoms with Gasteiger partial charge in [0.05, 0.1) is 5.54 Å². The maximum atomic E-state index is 12.9. The van der Waals surface area contributed by atoms with Crippen molar-refractivity contribution in [3.8, 4) is 0 Å². The number of nitrogens with one attached hydrogen (secondary N) is 1. The van der Waals surface area contributed by atoms with Crippen LogP contribution in [-0.2, 0) is 11.2 Å². The third-order valence-electron chi connectivity index (χ3n) is 4.63. The van der Waals surface area contributed by atoms with Gasteiger partial charge in [0.1, 0.15) is 0 Å². The summed E-state index contributed by atoms with van der Waals surface area (Å²) in [5, 5.41) is 3.49. The Balaban J connectivity index is 2.23. The van der Waals surface area contributed by atoms with E-state index in [4.69, 9.17) is 0 Å². The molecule has 0 aromatic heterocycles. The summed E-state index contributed by atoms with van der Waals surface area (Å²) in [6.07, 6.45) is 4.73. The molecule has 2 heteroatoms. The Hall–Kier alpha value is -1.15. The molecule has 1 heterocycles. The lowest BCUT2D eigenvalue weighted by Gasteiger charge is -2.28. The largest absolute Gasteiger partial charge is 0.305 e. The monoisotopic (exact) mass is 273 g/mol. The number of carbonyl (C=O) groups excluding carboxylic acids is 1. The number of hydrogen-bond acceptors (Lipinski definition) is 2. The van der Waals surface area contributed by atoms with Gasteiger partial charge in [-0.05, 0) is 63.3 Å². The zero-order chi connectivity index (χ0) is 14.8. The molecular formula is C18H27NO. The smallest absolute Gasteiger partial charge is 0.157 e. The number of rotatable bonds is 5.